The smallest absolute Gasteiger partial charge is 0.253 e. The monoisotopic (exact) mass is 324 g/mol. The van der Waals surface area contributed by atoms with E-state index in [-0.39, 0.29) is 5.91 Å². The van der Waals surface area contributed by atoms with Crippen LogP contribution in [-0.4, -0.2) is 31.5 Å². The van der Waals surface area contributed by atoms with E-state index >= 15 is 0 Å². The molecule has 2 heterocycles. The molecule has 1 aromatic heterocycles. The average molecular weight is 324 g/mol. The van der Waals surface area contributed by atoms with Crippen LogP contribution in [0.4, 0.5) is 5.69 Å². The van der Waals surface area contributed by atoms with Crippen LogP contribution in [0, 0.1) is 6.92 Å². The van der Waals surface area contributed by atoms with Gasteiger partial charge in [-0.15, -0.1) is 0 Å². The van der Waals surface area contributed by atoms with Gasteiger partial charge in [-0.25, -0.2) is 0 Å². The molecule has 1 aliphatic heterocycles. The molecule has 2 aromatic rings. The lowest BCUT2D eigenvalue weighted by Crippen LogP contribution is -2.29. The Kier molecular flexibility index (Phi) is 4.81. The quantitative estimate of drug-likeness (QED) is 0.903. The highest BCUT2D eigenvalue weighted by Crippen LogP contribution is 2.21. The molecule has 0 unspecified atom stereocenters. The predicted molar refractivity (Wildman–Crippen MR) is 96.3 cm³/mol. The van der Waals surface area contributed by atoms with Gasteiger partial charge in [-0.05, 0) is 48.7 Å². The van der Waals surface area contributed by atoms with Crippen LogP contribution in [0.1, 0.15) is 32.7 Å². The van der Waals surface area contributed by atoms with Crippen LogP contribution in [-0.2, 0) is 19.5 Å². The van der Waals surface area contributed by atoms with E-state index in [1.165, 1.54) is 11.1 Å². The Hall–Kier alpha value is -2.40. The second-order valence-corrected chi connectivity index (χ2v) is 6.35. The van der Waals surface area contributed by atoms with Crippen molar-refractivity contribution in [2.45, 2.75) is 26.4 Å². The van der Waals surface area contributed by atoms with Gasteiger partial charge in [0.05, 0.1) is 5.56 Å². The number of fused-ring (bicyclic) bond motifs is 1. The molecule has 5 heteroatoms. The van der Waals surface area contributed by atoms with E-state index in [2.05, 4.69) is 15.6 Å². The molecule has 0 bridgehead atoms. The third-order valence-electron chi connectivity index (χ3n) is 4.53. The van der Waals surface area contributed by atoms with Crippen LogP contribution in [0.2, 0.25) is 0 Å². The molecular formula is C19H24N4O. The summed E-state index contributed by atoms with van der Waals surface area (Å²) in [6.45, 7) is 4.36. The summed E-state index contributed by atoms with van der Waals surface area (Å²) >= 11 is 0. The predicted octanol–water partition coefficient (Wildman–Crippen LogP) is 2.03. The average Bonchev–Trinajstić information content (AvgIpc) is 2.60. The lowest BCUT2D eigenvalue weighted by atomic mass is 9.96. The first-order chi connectivity index (χ1) is 11.6. The zero-order chi connectivity index (χ0) is 17.1. The topological polar surface area (TPSA) is 57.3 Å². The Morgan fingerprint density at radius 1 is 1.33 bits per heavy atom. The molecule has 126 valence electrons. The normalized spacial score (nSPS) is 13.3. The second kappa shape index (κ2) is 7.01. The number of nitrogens with one attached hydrogen (secondary N) is 2. The summed E-state index contributed by atoms with van der Waals surface area (Å²) < 4.78 is 0. The highest BCUT2D eigenvalue weighted by Gasteiger charge is 2.17. The van der Waals surface area contributed by atoms with Gasteiger partial charge in [-0.3, -0.25) is 9.78 Å². The zero-order valence-corrected chi connectivity index (χ0v) is 14.5. The number of aromatic nitrogens is 1. The fraction of sp³-hybridized carbons (Fsp3) is 0.368. The maximum atomic E-state index is 12.7. The number of benzene rings is 1. The van der Waals surface area contributed by atoms with E-state index in [0.717, 1.165) is 36.5 Å². The van der Waals surface area contributed by atoms with E-state index in [0.29, 0.717) is 12.1 Å². The van der Waals surface area contributed by atoms with Crippen molar-refractivity contribution >= 4 is 11.6 Å². The molecule has 0 spiro atoms. The van der Waals surface area contributed by atoms with Crippen LogP contribution in [0.5, 0.6) is 0 Å². The van der Waals surface area contributed by atoms with Crippen molar-refractivity contribution in [1.82, 2.24) is 15.6 Å². The number of carbonyl (C=O) groups excluding carboxylic acids is 1. The number of carbonyl (C=O) groups is 1. The maximum absolute atomic E-state index is 12.7. The first kappa shape index (κ1) is 16.5. The number of rotatable bonds is 4. The minimum atomic E-state index is -0.0507. The molecule has 0 fully saturated rings. The highest BCUT2D eigenvalue weighted by molar-refractivity contribution is 5.99. The van der Waals surface area contributed by atoms with Crippen molar-refractivity contribution < 1.29 is 4.79 Å². The standard InChI is InChI=1S/C19H24N4O/c1-13-17(15-8-9-20-10-14(15)11-21-13)12-22-19(24)16-6-4-5-7-18(16)23(2)3/h4-7,11,20H,8-10,12H2,1-3H3,(H,22,24). The molecule has 1 aromatic carbocycles. The van der Waals surface area contributed by atoms with Gasteiger partial charge < -0.3 is 15.5 Å². The molecule has 0 atom stereocenters. The summed E-state index contributed by atoms with van der Waals surface area (Å²) in [6, 6.07) is 7.66. The number of anilines is 1. The molecule has 5 nitrogen and oxygen atoms in total. The molecule has 3 rings (SSSR count). The van der Waals surface area contributed by atoms with Crippen LogP contribution >= 0.6 is 0 Å². The van der Waals surface area contributed by atoms with Crippen LogP contribution in [0.15, 0.2) is 30.5 Å². The Balaban J connectivity index is 1.81. The summed E-state index contributed by atoms with van der Waals surface area (Å²) in [6.07, 6.45) is 2.93. The van der Waals surface area contributed by atoms with Crippen LogP contribution in [0.25, 0.3) is 0 Å². The summed E-state index contributed by atoms with van der Waals surface area (Å²) in [7, 11) is 3.89. The highest BCUT2D eigenvalue weighted by atomic mass is 16.1. The summed E-state index contributed by atoms with van der Waals surface area (Å²) in [5.74, 6) is -0.0507. The Bertz CT molecular complexity index is 755. The van der Waals surface area contributed by atoms with Crippen molar-refractivity contribution in [3.05, 3.63) is 58.4 Å². The van der Waals surface area contributed by atoms with Gasteiger partial charge in [0.25, 0.3) is 5.91 Å². The molecular weight excluding hydrogens is 300 g/mol. The molecule has 2 N–H and O–H groups in total. The summed E-state index contributed by atoms with van der Waals surface area (Å²) in [4.78, 5) is 19.1. The van der Waals surface area contributed by atoms with Gasteiger partial charge in [-0.1, -0.05) is 12.1 Å². The fourth-order valence-corrected chi connectivity index (χ4v) is 3.20. The van der Waals surface area contributed by atoms with Crippen molar-refractivity contribution in [3.63, 3.8) is 0 Å². The molecule has 0 saturated carbocycles. The summed E-state index contributed by atoms with van der Waals surface area (Å²) in [5.41, 5.74) is 6.34. The largest absolute Gasteiger partial charge is 0.377 e. The lowest BCUT2D eigenvalue weighted by molar-refractivity contribution is 0.0951. The molecule has 0 radical (unpaired) electrons. The minimum Gasteiger partial charge on any atom is -0.377 e. The maximum Gasteiger partial charge on any atom is 0.253 e. The zero-order valence-electron chi connectivity index (χ0n) is 14.5. The van der Waals surface area contributed by atoms with Gasteiger partial charge in [0.15, 0.2) is 0 Å². The number of aryl methyl sites for hydroxylation is 1. The van der Waals surface area contributed by atoms with Crippen molar-refractivity contribution in [1.29, 1.82) is 0 Å². The summed E-state index contributed by atoms with van der Waals surface area (Å²) in [5, 5.41) is 6.44. The Labute approximate surface area is 143 Å². The number of hydrogen-bond acceptors (Lipinski definition) is 4. The van der Waals surface area contributed by atoms with E-state index in [1.54, 1.807) is 0 Å². The second-order valence-electron chi connectivity index (χ2n) is 6.35. The number of nitrogens with zero attached hydrogens (tertiary/aromatic N) is 2. The van der Waals surface area contributed by atoms with Crippen molar-refractivity contribution in [3.8, 4) is 0 Å². The molecule has 1 amide bonds. The van der Waals surface area contributed by atoms with Gasteiger partial charge in [0.1, 0.15) is 0 Å². The molecule has 0 aliphatic carbocycles. The van der Waals surface area contributed by atoms with E-state index in [1.807, 2.05) is 56.4 Å². The third-order valence-corrected chi connectivity index (χ3v) is 4.53. The van der Waals surface area contributed by atoms with Crippen LogP contribution in [0.3, 0.4) is 0 Å². The molecule has 24 heavy (non-hydrogen) atoms. The van der Waals surface area contributed by atoms with E-state index < -0.39 is 0 Å². The van der Waals surface area contributed by atoms with Crippen molar-refractivity contribution in [2.24, 2.45) is 0 Å². The van der Waals surface area contributed by atoms with Gasteiger partial charge in [-0.2, -0.15) is 0 Å². The first-order valence-corrected chi connectivity index (χ1v) is 8.29. The molecule has 0 saturated heterocycles. The van der Waals surface area contributed by atoms with Gasteiger partial charge in [0, 0.05) is 44.8 Å². The fourth-order valence-electron chi connectivity index (χ4n) is 3.20. The molecule has 1 aliphatic rings. The first-order valence-electron chi connectivity index (χ1n) is 8.29. The Morgan fingerprint density at radius 2 is 2.12 bits per heavy atom. The van der Waals surface area contributed by atoms with Gasteiger partial charge in [0.2, 0.25) is 0 Å². The lowest BCUT2D eigenvalue weighted by Gasteiger charge is -2.22. The third kappa shape index (κ3) is 3.26. The number of para-hydroxylation sites is 1. The number of pyridine rings is 1. The minimum absolute atomic E-state index is 0.0507. The number of amides is 1. The van der Waals surface area contributed by atoms with Crippen molar-refractivity contribution in [2.75, 3.05) is 25.5 Å². The number of hydrogen-bond donors (Lipinski definition) is 2. The van der Waals surface area contributed by atoms with E-state index in [9.17, 15) is 4.79 Å². The van der Waals surface area contributed by atoms with Gasteiger partial charge >= 0.3 is 0 Å². The van der Waals surface area contributed by atoms with E-state index in [4.69, 9.17) is 0 Å². The Morgan fingerprint density at radius 3 is 2.92 bits per heavy atom. The van der Waals surface area contributed by atoms with Crippen LogP contribution < -0.4 is 15.5 Å². The SMILES string of the molecule is Cc1ncc2c(c1CNC(=O)c1ccccc1N(C)C)CCNC2.